The molecule has 0 atom stereocenters. The van der Waals surface area contributed by atoms with Crippen molar-refractivity contribution in [3.8, 4) is 0 Å². The summed E-state index contributed by atoms with van der Waals surface area (Å²) < 4.78 is 39.7. The Bertz CT molecular complexity index is 947. The number of aliphatic carboxylic acids is 2. The van der Waals surface area contributed by atoms with Crippen molar-refractivity contribution in [2.75, 3.05) is 32.7 Å². The first kappa shape index (κ1) is 24.4. The van der Waals surface area contributed by atoms with Gasteiger partial charge < -0.3 is 15.1 Å². The van der Waals surface area contributed by atoms with Crippen molar-refractivity contribution in [2.24, 2.45) is 0 Å². The average Bonchev–Trinajstić information content (AvgIpc) is 2.75. The Labute approximate surface area is 180 Å². The second-order valence-electron chi connectivity index (χ2n) is 6.90. The fourth-order valence-corrected chi connectivity index (χ4v) is 4.52. The molecule has 0 saturated carbocycles. The van der Waals surface area contributed by atoms with E-state index in [9.17, 15) is 12.8 Å². The number of carboxylic acids is 2. The van der Waals surface area contributed by atoms with Gasteiger partial charge in [0, 0.05) is 26.2 Å². The zero-order valence-electron chi connectivity index (χ0n) is 16.9. The SMILES string of the molecule is O=C(O)C(=O)O.O=S(=O)(c1ccc(F)cc1)N1CCN(CCCc2ccccc2)CC1. The molecule has 1 fully saturated rings. The Morgan fingerprint density at radius 2 is 1.42 bits per heavy atom. The summed E-state index contributed by atoms with van der Waals surface area (Å²) in [7, 11) is -3.53. The molecule has 3 rings (SSSR count). The monoisotopic (exact) mass is 452 g/mol. The maximum atomic E-state index is 13.0. The number of hydrogen-bond acceptors (Lipinski definition) is 5. The lowest BCUT2D eigenvalue weighted by atomic mass is 10.1. The molecule has 0 aliphatic carbocycles. The zero-order chi connectivity index (χ0) is 22.9. The van der Waals surface area contributed by atoms with Gasteiger partial charge in [-0.05, 0) is 49.2 Å². The van der Waals surface area contributed by atoms with Gasteiger partial charge in [-0.15, -0.1) is 0 Å². The van der Waals surface area contributed by atoms with Crippen molar-refractivity contribution >= 4 is 22.0 Å². The predicted octanol–water partition coefficient (Wildman–Crippen LogP) is 1.92. The summed E-state index contributed by atoms with van der Waals surface area (Å²) in [6, 6.07) is 15.4. The lowest BCUT2D eigenvalue weighted by Crippen LogP contribution is -2.48. The first-order valence-corrected chi connectivity index (χ1v) is 11.1. The van der Waals surface area contributed by atoms with Crippen molar-refractivity contribution in [3.63, 3.8) is 0 Å². The topological polar surface area (TPSA) is 115 Å². The molecule has 0 aromatic heterocycles. The average molecular weight is 453 g/mol. The smallest absolute Gasteiger partial charge is 0.414 e. The van der Waals surface area contributed by atoms with Crippen LogP contribution in [0.25, 0.3) is 0 Å². The van der Waals surface area contributed by atoms with Crippen LogP contribution >= 0.6 is 0 Å². The van der Waals surface area contributed by atoms with Gasteiger partial charge in [0.2, 0.25) is 10.0 Å². The number of carboxylic acid groups (broad SMARTS) is 2. The van der Waals surface area contributed by atoms with Gasteiger partial charge in [0.05, 0.1) is 4.90 Å². The third-order valence-corrected chi connectivity index (χ3v) is 6.66. The molecule has 8 nitrogen and oxygen atoms in total. The van der Waals surface area contributed by atoms with E-state index < -0.39 is 27.8 Å². The van der Waals surface area contributed by atoms with Crippen LogP contribution < -0.4 is 0 Å². The van der Waals surface area contributed by atoms with E-state index in [-0.39, 0.29) is 4.90 Å². The number of nitrogens with zero attached hydrogens (tertiary/aromatic N) is 2. The zero-order valence-corrected chi connectivity index (χ0v) is 17.7. The van der Waals surface area contributed by atoms with Crippen LogP contribution in [-0.2, 0) is 26.0 Å². The fraction of sp³-hybridized carbons (Fsp3) is 0.333. The summed E-state index contributed by atoms with van der Waals surface area (Å²) in [6.45, 7) is 3.39. The Morgan fingerprint density at radius 3 is 1.94 bits per heavy atom. The lowest BCUT2D eigenvalue weighted by Gasteiger charge is -2.34. The van der Waals surface area contributed by atoms with Crippen molar-refractivity contribution in [2.45, 2.75) is 17.7 Å². The summed E-state index contributed by atoms with van der Waals surface area (Å²) in [5.74, 6) is -4.08. The van der Waals surface area contributed by atoms with Gasteiger partial charge in [-0.3, -0.25) is 0 Å². The Balaban J connectivity index is 0.000000501. The van der Waals surface area contributed by atoms with Crippen LogP contribution in [-0.4, -0.2) is 72.5 Å². The highest BCUT2D eigenvalue weighted by atomic mass is 32.2. The number of carbonyl (C=O) groups is 2. The standard InChI is InChI=1S/C19H23FN2O2S.C2H2O4/c20-18-8-10-19(11-9-18)25(23,24)22-15-13-21(14-16-22)12-4-7-17-5-2-1-3-6-17;3-1(4)2(5)6/h1-3,5-6,8-11H,4,7,12-16H2;(H,3,4)(H,5,6). The lowest BCUT2D eigenvalue weighted by molar-refractivity contribution is -0.159. The molecular weight excluding hydrogens is 427 g/mol. The Morgan fingerprint density at radius 1 is 0.871 bits per heavy atom. The molecule has 0 unspecified atom stereocenters. The van der Waals surface area contributed by atoms with E-state index in [1.54, 1.807) is 0 Å². The van der Waals surface area contributed by atoms with Crippen LogP contribution in [0.1, 0.15) is 12.0 Å². The van der Waals surface area contributed by atoms with E-state index in [2.05, 4.69) is 29.2 Å². The molecule has 1 aliphatic heterocycles. The summed E-state index contributed by atoms with van der Waals surface area (Å²) in [4.78, 5) is 20.7. The number of aryl methyl sites for hydroxylation is 1. The van der Waals surface area contributed by atoms with Gasteiger partial charge in [-0.2, -0.15) is 4.31 Å². The Hall–Kier alpha value is -2.82. The van der Waals surface area contributed by atoms with Crippen LogP contribution in [0.15, 0.2) is 59.5 Å². The van der Waals surface area contributed by atoms with Gasteiger partial charge in [0.1, 0.15) is 5.82 Å². The van der Waals surface area contributed by atoms with Crippen LogP contribution in [0.4, 0.5) is 4.39 Å². The van der Waals surface area contributed by atoms with Gasteiger partial charge in [0.25, 0.3) is 0 Å². The third-order valence-electron chi connectivity index (χ3n) is 4.75. The number of rotatable bonds is 6. The number of hydrogen-bond donors (Lipinski definition) is 2. The van der Waals surface area contributed by atoms with Crippen molar-refractivity contribution in [1.29, 1.82) is 0 Å². The van der Waals surface area contributed by atoms with E-state index in [1.165, 1.54) is 34.1 Å². The molecule has 0 bridgehead atoms. The van der Waals surface area contributed by atoms with Gasteiger partial charge in [0.15, 0.2) is 0 Å². The minimum absolute atomic E-state index is 0.159. The van der Waals surface area contributed by atoms with E-state index in [0.717, 1.165) is 32.5 Å². The number of piperazine rings is 1. The second kappa shape index (κ2) is 11.5. The number of halogens is 1. The molecular formula is C21H25FN2O6S. The van der Waals surface area contributed by atoms with Gasteiger partial charge in [-0.1, -0.05) is 30.3 Å². The summed E-state index contributed by atoms with van der Waals surface area (Å²) in [5.41, 5.74) is 1.33. The van der Waals surface area contributed by atoms with Crippen LogP contribution in [0, 0.1) is 5.82 Å². The van der Waals surface area contributed by atoms with Crippen molar-refractivity contribution in [1.82, 2.24) is 9.21 Å². The van der Waals surface area contributed by atoms with Gasteiger partial charge >= 0.3 is 11.9 Å². The molecule has 2 aromatic rings. The maximum absolute atomic E-state index is 13.0. The molecule has 2 N–H and O–H groups in total. The molecule has 0 radical (unpaired) electrons. The highest BCUT2D eigenvalue weighted by molar-refractivity contribution is 7.89. The third kappa shape index (κ3) is 7.74. The quantitative estimate of drug-likeness (QED) is 0.644. The van der Waals surface area contributed by atoms with E-state index >= 15 is 0 Å². The minimum Gasteiger partial charge on any atom is -0.473 e. The largest absolute Gasteiger partial charge is 0.473 e. The molecule has 0 spiro atoms. The predicted molar refractivity (Wildman–Crippen MR) is 112 cm³/mol. The van der Waals surface area contributed by atoms with Gasteiger partial charge in [-0.25, -0.2) is 22.4 Å². The van der Waals surface area contributed by atoms with Crippen LogP contribution in [0.2, 0.25) is 0 Å². The normalized spacial score (nSPS) is 15.0. The molecule has 31 heavy (non-hydrogen) atoms. The number of sulfonamides is 1. The first-order chi connectivity index (χ1) is 14.7. The van der Waals surface area contributed by atoms with E-state index in [0.29, 0.717) is 13.1 Å². The van der Waals surface area contributed by atoms with Crippen LogP contribution in [0.5, 0.6) is 0 Å². The van der Waals surface area contributed by atoms with Crippen LogP contribution in [0.3, 0.4) is 0 Å². The van der Waals surface area contributed by atoms with Crippen molar-refractivity contribution < 1.29 is 32.6 Å². The van der Waals surface area contributed by atoms with E-state index in [1.807, 2.05) is 6.07 Å². The molecule has 168 valence electrons. The molecule has 1 heterocycles. The number of benzene rings is 2. The molecule has 0 amide bonds. The molecule has 1 saturated heterocycles. The summed E-state index contributed by atoms with van der Waals surface area (Å²) in [6.07, 6.45) is 2.10. The summed E-state index contributed by atoms with van der Waals surface area (Å²) >= 11 is 0. The van der Waals surface area contributed by atoms with Crippen molar-refractivity contribution in [3.05, 3.63) is 66.0 Å². The first-order valence-electron chi connectivity index (χ1n) is 9.68. The molecule has 2 aromatic carbocycles. The van der Waals surface area contributed by atoms with E-state index in [4.69, 9.17) is 19.8 Å². The highest BCUT2D eigenvalue weighted by Crippen LogP contribution is 2.18. The maximum Gasteiger partial charge on any atom is 0.414 e. The summed E-state index contributed by atoms with van der Waals surface area (Å²) in [5, 5.41) is 14.8. The highest BCUT2D eigenvalue weighted by Gasteiger charge is 2.28. The minimum atomic E-state index is -3.53. The second-order valence-corrected chi connectivity index (χ2v) is 8.84. The Kier molecular flexibility index (Phi) is 9.10. The molecule has 1 aliphatic rings. The molecule has 10 heteroatoms. The fourth-order valence-electron chi connectivity index (χ4n) is 3.10.